The van der Waals surface area contributed by atoms with Crippen LogP contribution in [-0.2, 0) is 21.5 Å². The lowest BCUT2D eigenvalue weighted by molar-refractivity contribution is -0.136. The fraction of sp³-hybridized carbons (Fsp3) is 0.600. The van der Waals surface area contributed by atoms with Crippen LogP contribution >= 0.6 is 0 Å². The van der Waals surface area contributed by atoms with E-state index < -0.39 is 5.54 Å². The van der Waals surface area contributed by atoms with Gasteiger partial charge in [0.05, 0.1) is 6.04 Å². The predicted octanol–water partition coefficient (Wildman–Crippen LogP) is 3.20. The summed E-state index contributed by atoms with van der Waals surface area (Å²) in [5, 5.41) is 7.34. The van der Waals surface area contributed by atoms with Gasteiger partial charge in [0.2, 0.25) is 17.7 Å². The van der Waals surface area contributed by atoms with Crippen LogP contribution in [0.5, 0.6) is 0 Å². The van der Waals surface area contributed by atoms with E-state index in [0.29, 0.717) is 31.1 Å². The molecular formula is C25H35N5O3. The van der Waals surface area contributed by atoms with E-state index >= 15 is 0 Å². The highest BCUT2D eigenvalue weighted by Crippen LogP contribution is 2.34. The summed E-state index contributed by atoms with van der Waals surface area (Å²) in [5.74, 6) is 1.02. The van der Waals surface area contributed by atoms with E-state index in [1.807, 2.05) is 23.1 Å². The van der Waals surface area contributed by atoms with Gasteiger partial charge in [-0.2, -0.15) is 4.98 Å². The normalized spacial score (nSPS) is 21.4. The van der Waals surface area contributed by atoms with Crippen LogP contribution < -0.4 is 5.32 Å². The average molecular weight is 454 g/mol. The minimum atomic E-state index is -0.566. The molecule has 0 bridgehead atoms. The molecule has 2 aliphatic rings. The number of nitrogens with one attached hydrogen (secondary N) is 1. The lowest BCUT2D eigenvalue weighted by Crippen LogP contribution is -2.49. The summed E-state index contributed by atoms with van der Waals surface area (Å²) in [6.07, 6.45) is 6.68. The number of amides is 2. The van der Waals surface area contributed by atoms with Crippen molar-refractivity contribution < 1.29 is 14.1 Å². The van der Waals surface area contributed by atoms with Gasteiger partial charge in [0.25, 0.3) is 0 Å². The number of hydrogen-bond acceptors (Lipinski definition) is 6. The number of piperazine rings is 1. The summed E-state index contributed by atoms with van der Waals surface area (Å²) in [5.41, 5.74) is 0.590. The Hall–Kier alpha value is -2.74. The Morgan fingerprint density at radius 3 is 2.55 bits per heavy atom. The van der Waals surface area contributed by atoms with Crippen molar-refractivity contribution in [2.75, 3.05) is 26.7 Å². The van der Waals surface area contributed by atoms with Crippen LogP contribution in [0.2, 0.25) is 0 Å². The lowest BCUT2D eigenvalue weighted by Gasteiger charge is -2.40. The third kappa shape index (κ3) is 5.61. The smallest absolute Gasteiger partial charge is 0.227 e. The van der Waals surface area contributed by atoms with Crippen molar-refractivity contribution in [3.63, 3.8) is 0 Å². The van der Waals surface area contributed by atoms with E-state index in [1.165, 1.54) is 6.92 Å². The molecule has 2 fully saturated rings. The Labute approximate surface area is 195 Å². The van der Waals surface area contributed by atoms with Crippen LogP contribution in [0.15, 0.2) is 34.9 Å². The van der Waals surface area contributed by atoms with Crippen molar-refractivity contribution in [3.8, 4) is 0 Å². The van der Waals surface area contributed by atoms with Gasteiger partial charge in [0.15, 0.2) is 5.82 Å². The first-order valence-electron chi connectivity index (χ1n) is 12.1. The number of hydrogen-bond donors (Lipinski definition) is 1. The number of aryl methyl sites for hydroxylation is 1. The van der Waals surface area contributed by atoms with E-state index in [4.69, 9.17) is 4.52 Å². The topological polar surface area (TPSA) is 91.6 Å². The molecule has 2 amide bonds. The third-order valence-corrected chi connectivity index (χ3v) is 6.91. The summed E-state index contributed by atoms with van der Waals surface area (Å²) in [6.45, 7) is 3.92. The zero-order valence-electron chi connectivity index (χ0n) is 19.8. The van der Waals surface area contributed by atoms with Gasteiger partial charge >= 0.3 is 0 Å². The first-order chi connectivity index (χ1) is 16.0. The van der Waals surface area contributed by atoms with Gasteiger partial charge in [-0.3, -0.25) is 9.59 Å². The molecule has 33 heavy (non-hydrogen) atoms. The molecule has 1 aliphatic heterocycles. The van der Waals surface area contributed by atoms with Gasteiger partial charge in [-0.15, -0.1) is 0 Å². The molecule has 1 unspecified atom stereocenters. The highest BCUT2D eigenvalue weighted by atomic mass is 16.5. The standard InChI is InChI=1S/C25H35N5O3/c1-19(31)27-25(14-8-3-4-9-15-25)24-26-22(33-28-24)12-13-23(32)30-17-16-29(2)18-21(30)20-10-6-5-7-11-20/h5-7,10-11,21H,3-4,8-9,12-18H2,1-2H3,(H,27,31). The minimum absolute atomic E-state index is 0.0460. The van der Waals surface area contributed by atoms with E-state index in [1.54, 1.807) is 0 Å². The molecule has 1 aromatic heterocycles. The molecular weight excluding hydrogens is 418 g/mol. The number of benzene rings is 1. The van der Waals surface area contributed by atoms with Crippen molar-refractivity contribution in [3.05, 3.63) is 47.6 Å². The van der Waals surface area contributed by atoms with Gasteiger partial charge in [-0.1, -0.05) is 61.2 Å². The molecule has 1 atom stereocenters. The monoisotopic (exact) mass is 453 g/mol. The number of carbonyl (C=O) groups is 2. The van der Waals surface area contributed by atoms with Gasteiger partial charge in [0, 0.05) is 39.4 Å². The van der Waals surface area contributed by atoms with E-state index in [2.05, 4.69) is 39.5 Å². The quantitative estimate of drug-likeness (QED) is 0.676. The molecule has 2 heterocycles. The summed E-state index contributed by atoms with van der Waals surface area (Å²) in [7, 11) is 2.09. The van der Waals surface area contributed by atoms with E-state index in [9.17, 15) is 9.59 Å². The first-order valence-corrected chi connectivity index (χ1v) is 12.1. The second-order valence-electron chi connectivity index (χ2n) is 9.47. The van der Waals surface area contributed by atoms with Crippen molar-refractivity contribution in [2.45, 2.75) is 69.9 Å². The maximum Gasteiger partial charge on any atom is 0.227 e. The summed E-state index contributed by atoms with van der Waals surface area (Å²) >= 11 is 0. The fourth-order valence-electron chi connectivity index (χ4n) is 5.16. The predicted molar refractivity (Wildman–Crippen MR) is 124 cm³/mol. The molecule has 1 aromatic carbocycles. The second-order valence-corrected chi connectivity index (χ2v) is 9.47. The van der Waals surface area contributed by atoms with Crippen LogP contribution in [-0.4, -0.2) is 58.4 Å². The van der Waals surface area contributed by atoms with Crippen LogP contribution in [0.1, 0.15) is 75.2 Å². The molecule has 8 nitrogen and oxygen atoms in total. The Bertz CT molecular complexity index is 937. The van der Waals surface area contributed by atoms with Crippen molar-refractivity contribution >= 4 is 11.8 Å². The zero-order chi connectivity index (χ0) is 23.3. The Morgan fingerprint density at radius 2 is 1.85 bits per heavy atom. The van der Waals surface area contributed by atoms with E-state index in [-0.39, 0.29) is 17.9 Å². The molecule has 0 radical (unpaired) electrons. The highest BCUT2D eigenvalue weighted by Gasteiger charge is 2.38. The first kappa shape index (κ1) is 23.4. The van der Waals surface area contributed by atoms with Gasteiger partial charge in [-0.25, -0.2) is 0 Å². The highest BCUT2D eigenvalue weighted by molar-refractivity contribution is 5.77. The minimum Gasteiger partial charge on any atom is -0.343 e. The number of nitrogens with zero attached hydrogens (tertiary/aromatic N) is 4. The summed E-state index contributed by atoms with van der Waals surface area (Å²) < 4.78 is 5.54. The number of rotatable bonds is 6. The Kier molecular flexibility index (Phi) is 7.42. The van der Waals surface area contributed by atoms with Gasteiger partial charge < -0.3 is 19.6 Å². The van der Waals surface area contributed by atoms with Crippen molar-refractivity contribution in [1.29, 1.82) is 0 Å². The van der Waals surface area contributed by atoms with Crippen molar-refractivity contribution in [1.82, 2.24) is 25.3 Å². The molecule has 8 heteroatoms. The molecule has 2 aromatic rings. The molecule has 1 N–H and O–H groups in total. The Morgan fingerprint density at radius 1 is 1.12 bits per heavy atom. The average Bonchev–Trinajstić information content (AvgIpc) is 3.17. The SMILES string of the molecule is CC(=O)NC1(c2noc(CCC(=O)N3CCN(C)CC3c3ccccc3)n2)CCCCCC1. The maximum absolute atomic E-state index is 13.2. The van der Waals surface area contributed by atoms with Crippen LogP contribution in [0.4, 0.5) is 0 Å². The van der Waals surface area contributed by atoms with E-state index in [0.717, 1.165) is 57.2 Å². The summed E-state index contributed by atoms with van der Waals surface area (Å²) in [4.78, 5) is 34.0. The molecule has 178 valence electrons. The van der Waals surface area contributed by atoms with Crippen LogP contribution in [0.3, 0.4) is 0 Å². The molecule has 4 rings (SSSR count). The number of aromatic nitrogens is 2. The fourth-order valence-corrected chi connectivity index (χ4v) is 5.16. The number of carbonyl (C=O) groups excluding carboxylic acids is 2. The molecule has 0 spiro atoms. The summed E-state index contributed by atoms with van der Waals surface area (Å²) in [6, 6.07) is 10.3. The number of likely N-dealkylation sites (N-methyl/N-ethyl adjacent to an activating group) is 1. The van der Waals surface area contributed by atoms with Crippen LogP contribution in [0, 0.1) is 0 Å². The maximum atomic E-state index is 13.2. The third-order valence-electron chi connectivity index (χ3n) is 6.91. The largest absolute Gasteiger partial charge is 0.343 e. The van der Waals surface area contributed by atoms with Gasteiger partial charge in [-0.05, 0) is 25.5 Å². The molecule has 1 saturated heterocycles. The lowest BCUT2D eigenvalue weighted by atomic mass is 9.89. The molecule has 1 aliphatic carbocycles. The Balaban J connectivity index is 1.43. The zero-order valence-corrected chi connectivity index (χ0v) is 19.8. The van der Waals surface area contributed by atoms with Crippen LogP contribution in [0.25, 0.3) is 0 Å². The van der Waals surface area contributed by atoms with Crippen molar-refractivity contribution in [2.24, 2.45) is 0 Å². The second kappa shape index (κ2) is 10.5. The van der Waals surface area contributed by atoms with Gasteiger partial charge in [0.1, 0.15) is 5.54 Å². The molecule has 1 saturated carbocycles.